The van der Waals surface area contributed by atoms with Gasteiger partial charge in [0.25, 0.3) is 0 Å². The summed E-state index contributed by atoms with van der Waals surface area (Å²) in [7, 11) is 0. The van der Waals surface area contributed by atoms with E-state index in [-0.39, 0.29) is 18.6 Å². The lowest BCUT2D eigenvalue weighted by Gasteiger charge is -2.28. The third-order valence-corrected chi connectivity index (χ3v) is 11.5. The molecule has 1 aliphatic heterocycles. The third-order valence-electron chi connectivity index (χ3n) is 11.5. The number of nitrogens with one attached hydrogen (secondary N) is 8. The van der Waals surface area contributed by atoms with Gasteiger partial charge in [0, 0.05) is 25.3 Å². The van der Waals surface area contributed by atoms with Crippen molar-refractivity contribution in [3.63, 3.8) is 0 Å². The number of aliphatic hydroxyl groups excluding tert-OH is 3. The summed E-state index contributed by atoms with van der Waals surface area (Å²) in [6, 6.07) is -8.61. The second-order valence-corrected chi connectivity index (χ2v) is 17.7. The lowest BCUT2D eigenvalue weighted by Crippen LogP contribution is -2.62. The number of carbonyl (C=O) groups is 11. The van der Waals surface area contributed by atoms with Crippen molar-refractivity contribution in [2.24, 2.45) is 11.5 Å². The van der Waals surface area contributed by atoms with Gasteiger partial charge in [-0.25, -0.2) is 0 Å². The van der Waals surface area contributed by atoms with E-state index in [0.717, 1.165) is 51.9 Å². The molecule has 1 aromatic rings. The molecule has 0 unspecified atom stereocenters. The van der Waals surface area contributed by atoms with Crippen molar-refractivity contribution >= 4 is 65.0 Å². The van der Waals surface area contributed by atoms with Crippen LogP contribution in [0.2, 0.25) is 0 Å². The van der Waals surface area contributed by atoms with Crippen molar-refractivity contribution in [3.05, 3.63) is 29.8 Å². The first-order chi connectivity index (χ1) is 34.1. The van der Waals surface area contributed by atoms with Crippen LogP contribution in [0.25, 0.3) is 0 Å². The molecule has 1 aliphatic rings. The molecular formula is C46H72N10O16. The summed E-state index contributed by atoms with van der Waals surface area (Å²) in [5.74, 6) is -13.2. The molecule has 1 saturated heterocycles. The number of hydrogen-bond acceptors (Lipinski definition) is 15. The van der Waals surface area contributed by atoms with E-state index in [0.29, 0.717) is 18.4 Å². The number of phenolic OH excluding ortho intramolecular Hbond substituents is 1. The highest BCUT2D eigenvalue weighted by Crippen LogP contribution is 2.15. The van der Waals surface area contributed by atoms with Gasteiger partial charge in [-0.05, 0) is 37.5 Å². The number of carboxylic acids is 1. The Kier molecular flexibility index (Phi) is 27.3. The van der Waals surface area contributed by atoms with Gasteiger partial charge in [0.2, 0.25) is 59.1 Å². The van der Waals surface area contributed by atoms with Crippen LogP contribution in [0.5, 0.6) is 5.75 Å². The van der Waals surface area contributed by atoms with E-state index >= 15 is 0 Å². The van der Waals surface area contributed by atoms with Crippen LogP contribution in [-0.2, 0) is 59.2 Å². The fourth-order valence-corrected chi connectivity index (χ4v) is 7.54. The Morgan fingerprint density at radius 2 is 1.00 bits per heavy atom. The Hall–Kier alpha value is -6.93. The minimum atomic E-state index is -1.98. The van der Waals surface area contributed by atoms with Gasteiger partial charge in [-0.2, -0.15) is 0 Å². The topological polar surface area (TPSA) is 437 Å². The second kappa shape index (κ2) is 32.1. The summed E-state index contributed by atoms with van der Waals surface area (Å²) in [6.45, 7) is 0.925. The first kappa shape index (κ1) is 61.2. The van der Waals surface area contributed by atoms with Crippen molar-refractivity contribution < 1.29 is 78.3 Å². The zero-order valence-corrected chi connectivity index (χ0v) is 40.6. The van der Waals surface area contributed by atoms with Gasteiger partial charge < -0.3 is 79.5 Å². The maximum Gasteiger partial charge on any atom is 0.303 e. The number of phenols is 1. The molecule has 0 saturated carbocycles. The minimum absolute atomic E-state index is 0.160. The van der Waals surface area contributed by atoms with Crippen molar-refractivity contribution in [2.75, 3.05) is 13.2 Å². The van der Waals surface area contributed by atoms with Crippen LogP contribution in [0.1, 0.15) is 116 Å². The first-order valence-electron chi connectivity index (χ1n) is 24.0. The fraction of sp³-hybridized carbons (Fsp3) is 0.630. The van der Waals surface area contributed by atoms with E-state index < -0.39 is 165 Å². The van der Waals surface area contributed by atoms with Crippen molar-refractivity contribution in [3.8, 4) is 5.75 Å². The van der Waals surface area contributed by atoms with Crippen LogP contribution < -0.4 is 54.0 Å². The fourth-order valence-electron chi connectivity index (χ4n) is 7.54. The Labute approximate surface area is 416 Å². The van der Waals surface area contributed by atoms with Crippen LogP contribution >= 0.6 is 0 Å². The van der Waals surface area contributed by atoms with Gasteiger partial charge in [0.05, 0.1) is 32.2 Å². The van der Waals surface area contributed by atoms with E-state index in [9.17, 15) is 78.3 Å². The number of aliphatic hydroxyl groups is 3. The first-order valence-corrected chi connectivity index (χ1v) is 24.0. The average Bonchev–Trinajstić information content (AvgIpc) is 3.31. The molecule has 0 aromatic heterocycles. The third kappa shape index (κ3) is 22.9. The number of amides is 10. The molecular weight excluding hydrogens is 949 g/mol. The predicted octanol–water partition coefficient (Wildman–Crippen LogP) is -3.88. The largest absolute Gasteiger partial charge is 0.508 e. The number of hydrogen-bond donors (Lipinski definition) is 15. The predicted molar refractivity (Wildman–Crippen MR) is 254 cm³/mol. The number of carbonyl (C=O) groups excluding carboxylic acids is 10. The molecule has 72 heavy (non-hydrogen) atoms. The Bertz CT molecular complexity index is 2020. The standard InChI is InChI=1S/C46H72N10O16/c1-3-4-5-6-7-8-9-10-11-12-27-20-37(63)50-31(21-35(47)61)42(68)52-30(19-26-13-15-28(60)16-14-26)41(67)53-32(22-36(48)62)43(69)55-33(23-57)44(70)51-29(17-18-38(64)65)40(66)54-34(24-58)45(71)56-39(25(2)59)46(72)49-27/h13-16,25,27,29-34,39,57-60H,3-12,17-24H2,1-2H3,(H2,47,61)(H2,48,62)(H,49,72)(H,50,63)(H,51,70)(H,52,68)(H,53,67)(H,54,66)(H,55,69)(H,56,71)(H,64,65)/t25-,27-,29-,30-,31+,32+,33-,34-,39-/m0/s1. The normalized spacial score (nSPS) is 24.0. The molecule has 0 radical (unpaired) electrons. The van der Waals surface area contributed by atoms with Crippen LogP contribution in [0.4, 0.5) is 0 Å². The zero-order chi connectivity index (χ0) is 53.9. The van der Waals surface area contributed by atoms with Gasteiger partial charge >= 0.3 is 5.97 Å². The number of rotatable bonds is 22. The summed E-state index contributed by atoms with van der Waals surface area (Å²) in [4.78, 5) is 146. The maximum atomic E-state index is 14.1. The summed E-state index contributed by atoms with van der Waals surface area (Å²) in [6.07, 6.45) is 2.79. The number of nitrogens with two attached hydrogens (primary N) is 2. The lowest BCUT2D eigenvalue weighted by atomic mass is 10.0. The number of aromatic hydroxyl groups is 1. The number of unbranched alkanes of at least 4 members (excludes halogenated alkanes) is 8. The number of aliphatic carboxylic acids is 1. The highest BCUT2D eigenvalue weighted by Gasteiger charge is 2.36. The van der Waals surface area contributed by atoms with E-state index in [1.54, 1.807) is 0 Å². The summed E-state index contributed by atoms with van der Waals surface area (Å²) >= 11 is 0. The average molecular weight is 1020 g/mol. The van der Waals surface area contributed by atoms with E-state index in [1.165, 1.54) is 24.3 Å². The quantitative estimate of drug-likeness (QED) is 0.0494. The smallest absolute Gasteiger partial charge is 0.303 e. The maximum absolute atomic E-state index is 14.1. The second-order valence-electron chi connectivity index (χ2n) is 17.7. The van der Waals surface area contributed by atoms with Gasteiger partial charge in [0.15, 0.2) is 0 Å². The van der Waals surface area contributed by atoms with Crippen LogP contribution in [-0.4, -0.2) is 158 Å². The van der Waals surface area contributed by atoms with E-state index in [4.69, 9.17) is 11.5 Å². The SMILES string of the molecule is CCCCCCCCCCC[C@H]1CC(=O)N[C@H](CC(N)=O)C(=O)N[C@@H](Cc2ccc(O)cc2)C(=O)N[C@H](CC(N)=O)C(=O)N[C@@H](CO)C(=O)N[C@@H](CCC(=O)O)C(=O)N[C@@H](CO)C(=O)N[C@@H]([C@H](C)O)C(=O)N1. The van der Waals surface area contributed by atoms with Gasteiger partial charge in [0.1, 0.15) is 48.0 Å². The molecule has 0 spiro atoms. The Balaban J connectivity index is 2.71. The van der Waals surface area contributed by atoms with Gasteiger partial charge in [-0.1, -0.05) is 76.8 Å². The Morgan fingerprint density at radius 1 is 0.569 bits per heavy atom. The van der Waals surface area contributed by atoms with Crippen LogP contribution in [0.15, 0.2) is 24.3 Å². The number of carboxylic acid groups (broad SMARTS) is 1. The van der Waals surface area contributed by atoms with E-state index in [2.05, 4.69) is 49.5 Å². The molecule has 402 valence electrons. The highest BCUT2D eigenvalue weighted by molar-refractivity contribution is 5.99. The molecule has 26 nitrogen and oxygen atoms in total. The lowest BCUT2D eigenvalue weighted by molar-refractivity contribution is -0.139. The summed E-state index contributed by atoms with van der Waals surface area (Å²) < 4.78 is 0. The zero-order valence-electron chi connectivity index (χ0n) is 40.6. The molecule has 9 atom stereocenters. The number of primary amides is 2. The molecule has 2 rings (SSSR count). The molecule has 0 aliphatic carbocycles. The Morgan fingerprint density at radius 3 is 1.50 bits per heavy atom. The van der Waals surface area contributed by atoms with Crippen molar-refractivity contribution in [1.29, 1.82) is 0 Å². The molecule has 1 fully saturated rings. The van der Waals surface area contributed by atoms with Gasteiger partial charge in [-0.3, -0.25) is 52.7 Å². The minimum Gasteiger partial charge on any atom is -0.508 e. The van der Waals surface area contributed by atoms with E-state index in [1.807, 2.05) is 0 Å². The van der Waals surface area contributed by atoms with Crippen molar-refractivity contribution in [2.45, 2.75) is 171 Å². The highest BCUT2D eigenvalue weighted by atomic mass is 16.4. The van der Waals surface area contributed by atoms with Crippen molar-refractivity contribution in [1.82, 2.24) is 42.5 Å². The monoisotopic (exact) mass is 1020 g/mol. The van der Waals surface area contributed by atoms with Gasteiger partial charge in [-0.15, -0.1) is 0 Å². The van der Waals surface area contributed by atoms with Crippen LogP contribution in [0.3, 0.4) is 0 Å². The summed E-state index contributed by atoms with van der Waals surface area (Å²) in [5, 5.41) is 68.6. The number of benzene rings is 1. The molecule has 17 N–H and O–H groups in total. The molecule has 1 heterocycles. The molecule has 0 bridgehead atoms. The molecule has 10 amide bonds. The molecule has 1 aromatic carbocycles. The molecule has 26 heteroatoms. The summed E-state index contributed by atoms with van der Waals surface area (Å²) in [5.41, 5.74) is 11.2. The van der Waals surface area contributed by atoms with Crippen LogP contribution in [0, 0.1) is 0 Å².